The number of likely N-dealkylation sites (N-methyl/N-ethyl adjacent to an activating group) is 1. The maximum absolute atomic E-state index is 13.7. The van der Waals surface area contributed by atoms with Gasteiger partial charge in [0, 0.05) is 57.3 Å². The van der Waals surface area contributed by atoms with E-state index in [1.165, 1.54) is 0 Å². The highest BCUT2D eigenvalue weighted by molar-refractivity contribution is 6.42. The van der Waals surface area contributed by atoms with Crippen LogP contribution in [-0.4, -0.2) is 86.2 Å². The lowest BCUT2D eigenvalue weighted by Gasteiger charge is -2.47. The number of hydrogen-bond acceptors (Lipinski definition) is 5. The third kappa shape index (κ3) is 5.98. The quantitative estimate of drug-likeness (QED) is 0.381. The number of benzene rings is 3. The number of ether oxygens (including phenoxy) is 1. The van der Waals surface area contributed by atoms with Gasteiger partial charge in [0.15, 0.2) is 0 Å². The molecule has 2 aliphatic rings. The molecule has 1 unspecified atom stereocenters. The minimum absolute atomic E-state index is 0.0894. The summed E-state index contributed by atoms with van der Waals surface area (Å²) in [6, 6.07) is 19.8. The van der Waals surface area contributed by atoms with Crippen LogP contribution >= 0.6 is 23.2 Å². The summed E-state index contributed by atoms with van der Waals surface area (Å²) in [5.41, 5.74) is 2.10. The first-order valence-electron chi connectivity index (χ1n) is 13.1. The van der Waals surface area contributed by atoms with Crippen molar-refractivity contribution in [3.05, 3.63) is 81.3 Å². The Bertz CT molecular complexity index is 1350. The van der Waals surface area contributed by atoms with Crippen molar-refractivity contribution in [1.29, 1.82) is 5.26 Å². The number of halogens is 2. The Morgan fingerprint density at radius 1 is 1.11 bits per heavy atom. The average Bonchev–Trinajstić information content (AvgIpc) is 2.92. The molecule has 0 spiro atoms. The fourth-order valence-corrected chi connectivity index (χ4v) is 5.84. The van der Waals surface area contributed by atoms with Gasteiger partial charge < -0.3 is 14.5 Å². The van der Waals surface area contributed by atoms with Crippen molar-refractivity contribution in [2.24, 2.45) is 0 Å². The zero-order valence-corrected chi connectivity index (χ0v) is 23.1. The summed E-state index contributed by atoms with van der Waals surface area (Å²) in [4.78, 5) is 20.5. The van der Waals surface area contributed by atoms with Crippen LogP contribution in [0, 0.1) is 11.3 Å². The van der Waals surface area contributed by atoms with Crippen LogP contribution in [0.4, 0.5) is 0 Å². The van der Waals surface area contributed by atoms with E-state index < -0.39 is 0 Å². The van der Waals surface area contributed by atoms with Crippen molar-refractivity contribution < 1.29 is 9.53 Å². The summed E-state index contributed by atoms with van der Waals surface area (Å²) in [6.07, 6.45) is 0.893. The lowest BCUT2D eigenvalue weighted by Crippen LogP contribution is -2.61. The summed E-state index contributed by atoms with van der Waals surface area (Å²) in [6.45, 7) is 7.28. The molecule has 0 bridgehead atoms. The van der Waals surface area contributed by atoms with Gasteiger partial charge in [-0.25, -0.2) is 0 Å². The molecule has 2 heterocycles. The number of carbonyl (C=O) groups excluding carboxylic acids is 1. The van der Waals surface area contributed by atoms with E-state index >= 15 is 0 Å². The molecule has 198 valence electrons. The molecule has 5 rings (SSSR count). The number of nitriles is 1. The third-order valence-corrected chi connectivity index (χ3v) is 8.51. The minimum atomic E-state index is -0.0975. The Hall–Kier alpha value is -2.66. The number of amides is 1. The van der Waals surface area contributed by atoms with Crippen LogP contribution in [0.2, 0.25) is 10.0 Å². The lowest BCUT2D eigenvalue weighted by atomic mass is 9.93. The smallest absolute Gasteiger partial charge is 0.254 e. The van der Waals surface area contributed by atoms with Gasteiger partial charge in [-0.05, 0) is 53.6 Å². The Labute approximate surface area is 234 Å². The van der Waals surface area contributed by atoms with E-state index in [1.54, 1.807) is 11.0 Å². The van der Waals surface area contributed by atoms with Gasteiger partial charge in [0.2, 0.25) is 0 Å². The van der Waals surface area contributed by atoms with Gasteiger partial charge in [0.1, 0.15) is 0 Å². The lowest BCUT2D eigenvalue weighted by molar-refractivity contribution is -0.0326. The average molecular weight is 552 g/mol. The van der Waals surface area contributed by atoms with Crippen LogP contribution in [0.3, 0.4) is 0 Å². The fourth-order valence-electron chi connectivity index (χ4n) is 5.54. The van der Waals surface area contributed by atoms with Crippen molar-refractivity contribution in [2.45, 2.75) is 18.4 Å². The highest BCUT2D eigenvalue weighted by Gasteiger charge is 2.33. The molecule has 2 aliphatic heterocycles. The first kappa shape index (κ1) is 26.9. The van der Waals surface area contributed by atoms with Crippen molar-refractivity contribution in [3.8, 4) is 6.07 Å². The summed E-state index contributed by atoms with van der Waals surface area (Å²) < 4.78 is 5.49. The van der Waals surface area contributed by atoms with Gasteiger partial charge in [-0.15, -0.1) is 0 Å². The molecule has 6 nitrogen and oxygen atoms in total. The van der Waals surface area contributed by atoms with Crippen molar-refractivity contribution in [1.82, 2.24) is 14.7 Å². The van der Waals surface area contributed by atoms with Crippen molar-refractivity contribution >= 4 is 39.9 Å². The maximum Gasteiger partial charge on any atom is 0.254 e. The molecule has 0 aromatic heterocycles. The van der Waals surface area contributed by atoms with E-state index in [1.807, 2.05) is 55.6 Å². The highest BCUT2D eigenvalue weighted by Crippen LogP contribution is 2.30. The molecule has 8 heteroatoms. The van der Waals surface area contributed by atoms with E-state index in [-0.39, 0.29) is 11.8 Å². The second-order valence-electron chi connectivity index (χ2n) is 10.3. The van der Waals surface area contributed by atoms with Crippen molar-refractivity contribution in [2.75, 3.05) is 59.5 Å². The Balaban J connectivity index is 1.30. The number of likely N-dealkylation sites (tertiary alicyclic amines) is 1. The normalized spacial score (nSPS) is 17.6. The molecule has 38 heavy (non-hydrogen) atoms. The van der Waals surface area contributed by atoms with Crippen LogP contribution in [0.25, 0.3) is 10.8 Å². The van der Waals surface area contributed by atoms with E-state index in [9.17, 15) is 10.1 Å². The monoisotopic (exact) mass is 550 g/mol. The van der Waals surface area contributed by atoms with Crippen LogP contribution in [-0.2, 0) is 4.74 Å². The second-order valence-corrected chi connectivity index (χ2v) is 11.1. The molecule has 0 aliphatic carbocycles. The zero-order chi connectivity index (χ0) is 26.6. The van der Waals surface area contributed by atoms with Crippen LogP contribution < -0.4 is 0 Å². The molecule has 2 saturated heterocycles. The second kappa shape index (κ2) is 12.0. The topological polar surface area (TPSA) is 59.8 Å². The fraction of sp³-hybridized carbons (Fsp3) is 0.400. The predicted octanol–water partition coefficient (Wildman–Crippen LogP) is 5.28. The summed E-state index contributed by atoms with van der Waals surface area (Å²) in [5, 5.41) is 12.3. The summed E-state index contributed by atoms with van der Waals surface area (Å²) in [5.74, 6) is -0.00809. The Morgan fingerprint density at radius 2 is 1.87 bits per heavy atom. The zero-order valence-electron chi connectivity index (χ0n) is 21.6. The molecule has 0 radical (unpaired) electrons. The maximum atomic E-state index is 13.7. The summed E-state index contributed by atoms with van der Waals surface area (Å²) >= 11 is 12.6. The van der Waals surface area contributed by atoms with Gasteiger partial charge in [-0.1, -0.05) is 53.5 Å². The van der Waals surface area contributed by atoms with Gasteiger partial charge in [-0.3, -0.25) is 9.69 Å². The molecule has 2 fully saturated rings. The Morgan fingerprint density at radius 3 is 2.61 bits per heavy atom. The van der Waals surface area contributed by atoms with Crippen molar-refractivity contribution in [3.63, 3.8) is 0 Å². The van der Waals surface area contributed by atoms with E-state index in [0.29, 0.717) is 33.8 Å². The standard InChI is InChI=1S/C30H32Cl2N4O2/c1-34(30(37)27-15-21(17-33)14-23-4-2-3-5-26(23)27)18-24(22-6-7-28(31)29(32)16-22)8-9-35-19-25(20-35)36-10-12-38-13-11-36/h2-7,14-16,24-25H,8-13,18-20H2,1H3. The van der Waals surface area contributed by atoms with Gasteiger partial charge in [0.05, 0.1) is 34.9 Å². The Kier molecular flexibility index (Phi) is 8.52. The number of nitrogens with zero attached hydrogens (tertiary/aromatic N) is 4. The molecule has 3 aromatic rings. The van der Waals surface area contributed by atoms with Gasteiger partial charge in [-0.2, -0.15) is 5.26 Å². The molecular formula is C30H32Cl2N4O2. The van der Waals surface area contributed by atoms with Crippen LogP contribution in [0.15, 0.2) is 54.6 Å². The van der Waals surface area contributed by atoms with Crippen LogP contribution in [0.1, 0.15) is 33.8 Å². The molecule has 0 saturated carbocycles. The molecule has 1 atom stereocenters. The molecular weight excluding hydrogens is 519 g/mol. The largest absolute Gasteiger partial charge is 0.379 e. The van der Waals surface area contributed by atoms with E-state index in [4.69, 9.17) is 27.9 Å². The number of fused-ring (bicyclic) bond motifs is 1. The number of morpholine rings is 1. The molecule has 0 N–H and O–H groups in total. The number of carbonyl (C=O) groups is 1. The minimum Gasteiger partial charge on any atom is -0.379 e. The number of rotatable bonds is 8. The first-order chi connectivity index (χ1) is 18.4. The number of hydrogen-bond donors (Lipinski definition) is 0. The van der Waals surface area contributed by atoms with Gasteiger partial charge in [0.25, 0.3) is 5.91 Å². The highest BCUT2D eigenvalue weighted by atomic mass is 35.5. The van der Waals surface area contributed by atoms with Crippen LogP contribution in [0.5, 0.6) is 0 Å². The summed E-state index contributed by atoms with van der Waals surface area (Å²) in [7, 11) is 1.83. The molecule has 1 amide bonds. The van der Waals surface area contributed by atoms with E-state index in [0.717, 1.165) is 68.7 Å². The van der Waals surface area contributed by atoms with E-state index in [2.05, 4.69) is 15.9 Å². The first-order valence-corrected chi connectivity index (χ1v) is 13.9. The van der Waals surface area contributed by atoms with Gasteiger partial charge >= 0.3 is 0 Å². The molecule has 3 aromatic carbocycles. The third-order valence-electron chi connectivity index (χ3n) is 7.77. The predicted molar refractivity (Wildman–Crippen MR) is 152 cm³/mol. The SMILES string of the molecule is CN(CC(CCN1CC(N2CCOCC2)C1)c1ccc(Cl)c(Cl)c1)C(=O)c1cc(C#N)cc2ccccc12.